The molecule has 2 N–H and O–H groups in total. The molecule has 1 unspecified atom stereocenters. The fraction of sp³-hybridized carbons (Fsp3) is 0.636. The summed E-state index contributed by atoms with van der Waals surface area (Å²) in [5.74, 6) is -0.843. The molecule has 4 heteroatoms. The van der Waals surface area contributed by atoms with Gasteiger partial charge in [-0.3, -0.25) is 0 Å². The molecule has 0 bridgehead atoms. The minimum atomic E-state index is -0.803. The van der Waals surface area contributed by atoms with Crippen molar-refractivity contribution in [1.29, 1.82) is 0 Å². The lowest BCUT2D eigenvalue weighted by molar-refractivity contribution is -0.156. The lowest BCUT2D eigenvalue weighted by Gasteiger charge is -2.30. The molecule has 0 amide bonds. The lowest BCUT2D eigenvalue weighted by atomic mass is 9.88. The second kappa shape index (κ2) is 6.35. The molecule has 4 nitrogen and oxygen atoms in total. The van der Waals surface area contributed by atoms with Gasteiger partial charge >= 0.3 is 5.97 Å². The number of rotatable bonds is 7. The first-order valence-corrected chi connectivity index (χ1v) is 4.98. The van der Waals surface area contributed by atoms with Gasteiger partial charge in [-0.25, -0.2) is 4.79 Å². The lowest BCUT2D eigenvalue weighted by Crippen LogP contribution is -2.37. The van der Waals surface area contributed by atoms with Crippen LogP contribution < -0.4 is 5.73 Å². The van der Waals surface area contributed by atoms with Crippen LogP contribution in [-0.2, 0) is 14.3 Å². The summed E-state index contributed by atoms with van der Waals surface area (Å²) >= 11 is 0. The third kappa shape index (κ3) is 4.74. The van der Waals surface area contributed by atoms with Crippen molar-refractivity contribution in [2.45, 2.75) is 32.3 Å². The van der Waals surface area contributed by atoms with Gasteiger partial charge in [-0.1, -0.05) is 6.58 Å². The van der Waals surface area contributed by atoms with E-state index in [1.54, 1.807) is 13.8 Å². The average Bonchev–Trinajstić information content (AvgIpc) is 2.17. The van der Waals surface area contributed by atoms with E-state index in [1.807, 2.05) is 0 Å². The van der Waals surface area contributed by atoms with E-state index in [0.717, 1.165) is 18.8 Å². The summed E-state index contributed by atoms with van der Waals surface area (Å²) in [5, 5.41) is 0. The molecule has 86 valence electrons. The zero-order valence-corrected chi connectivity index (χ0v) is 9.36. The van der Waals surface area contributed by atoms with Crippen molar-refractivity contribution in [3.63, 3.8) is 0 Å². The Balaban J connectivity index is 4.42. The summed E-state index contributed by atoms with van der Waals surface area (Å²) in [4.78, 5) is 21.9. The predicted molar refractivity (Wildman–Crippen MR) is 58.2 cm³/mol. The number of ether oxygens (including phenoxy) is 1. The van der Waals surface area contributed by atoms with Crippen LogP contribution in [-0.4, -0.2) is 24.4 Å². The minimum Gasteiger partial charge on any atom is -0.456 e. The van der Waals surface area contributed by atoms with Crippen LogP contribution in [0.3, 0.4) is 0 Å². The highest BCUT2D eigenvalue weighted by atomic mass is 16.6. The Bertz CT molecular complexity index is 236. The fourth-order valence-electron chi connectivity index (χ4n) is 1.29. The average molecular weight is 213 g/mol. The van der Waals surface area contributed by atoms with Gasteiger partial charge in [0.25, 0.3) is 0 Å². The van der Waals surface area contributed by atoms with Crippen LogP contribution in [0.4, 0.5) is 0 Å². The van der Waals surface area contributed by atoms with Crippen LogP contribution in [0.25, 0.3) is 0 Å². The number of aldehydes is 1. The molecule has 0 aromatic carbocycles. The van der Waals surface area contributed by atoms with Crippen molar-refractivity contribution in [1.82, 2.24) is 0 Å². The summed E-state index contributed by atoms with van der Waals surface area (Å²) in [6.45, 7) is 7.26. The second-order valence-electron chi connectivity index (χ2n) is 3.90. The Morgan fingerprint density at radius 2 is 2.20 bits per heavy atom. The standard InChI is InChI=1S/C11H19NO3/c1-4-10(14)15-11(2,3)9(8-13)6-5-7-12/h4,8-9H,1,5-7,12H2,2-3H3. The van der Waals surface area contributed by atoms with Gasteiger partial charge in [-0.05, 0) is 33.2 Å². The molecule has 0 heterocycles. The van der Waals surface area contributed by atoms with Crippen LogP contribution >= 0.6 is 0 Å². The smallest absolute Gasteiger partial charge is 0.330 e. The van der Waals surface area contributed by atoms with E-state index in [-0.39, 0.29) is 5.92 Å². The molecule has 0 spiro atoms. The first-order chi connectivity index (χ1) is 6.97. The Morgan fingerprint density at radius 3 is 2.60 bits per heavy atom. The molecule has 0 aromatic heterocycles. The van der Waals surface area contributed by atoms with E-state index < -0.39 is 11.6 Å². The van der Waals surface area contributed by atoms with E-state index in [0.29, 0.717) is 13.0 Å². The maximum absolute atomic E-state index is 11.0. The first-order valence-electron chi connectivity index (χ1n) is 4.98. The first kappa shape index (κ1) is 13.8. The Labute approximate surface area is 90.5 Å². The van der Waals surface area contributed by atoms with Gasteiger partial charge in [0.2, 0.25) is 0 Å². The van der Waals surface area contributed by atoms with Crippen LogP contribution in [0.1, 0.15) is 26.7 Å². The van der Waals surface area contributed by atoms with Crippen molar-refractivity contribution < 1.29 is 14.3 Å². The summed E-state index contributed by atoms with van der Waals surface area (Å²) in [5.41, 5.74) is 4.56. The number of carbonyl (C=O) groups is 2. The molecule has 0 saturated heterocycles. The number of hydrogen-bond donors (Lipinski definition) is 1. The van der Waals surface area contributed by atoms with Gasteiger partial charge in [-0.15, -0.1) is 0 Å². The van der Waals surface area contributed by atoms with Crippen LogP contribution in [0.5, 0.6) is 0 Å². The molecule has 0 fully saturated rings. The van der Waals surface area contributed by atoms with E-state index in [1.165, 1.54) is 0 Å². The van der Waals surface area contributed by atoms with E-state index in [2.05, 4.69) is 6.58 Å². The van der Waals surface area contributed by atoms with Gasteiger partial charge in [-0.2, -0.15) is 0 Å². The summed E-state index contributed by atoms with van der Waals surface area (Å²) in [6.07, 6.45) is 3.26. The van der Waals surface area contributed by atoms with Gasteiger partial charge in [0, 0.05) is 6.08 Å². The minimum absolute atomic E-state index is 0.329. The number of hydrogen-bond acceptors (Lipinski definition) is 4. The molecular weight excluding hydrogens is 194 g/mol. The summed E-state index contributed by atoms with van der Waals surface area (Å²) in [6, 6.07) is 0. The van der Waals surface area contributed by atoms with Gasteiger partial charge in [0.1, 0.15) is 11.9 Å². The third-order valence-corrected chi connectivity index (χ3v) is 2.31. The molecule has 0 aliphatic rings. The fourth-order valence-corrected chi connectivity index (χ4v) is 1.29. The zero-order valence-electron chi connectivity index (χ0n) is 9.36. The monoisotopic (exact) mass is 213 g/mol. The molecule has 0 radical (unpaired) electrons. The highest BCUT2D eigenvalue weighted by molar-refractivity contribution is 5.81. The molecule has 0 aromatic rings. The summed E-state index contributed by atoms with van der Waals surface area (Å²) < 4.78 is 5.11. The molecule has 0 aliphatic heterocycles. The largest absolute Gasteiger partial charge is 0.456 e. The maximum Gasteiger partial charge on any atom is 0.330 e. The number of carbonyl (C=O) groups excluding carboxylic acids is 2. The quantitative estimate of drug-likeness (QED) is 0.390. The van der Waals surface area contributed by atoms with E-state index in [9.17, 15) is 9.59 Å². The normalized spacial score (nSPS) is 13.0. The van der Waals surface area contributed by atoms with Gasteiger partial charge in [0.05, 0.1) is 5.92 Å². The molecule has 0 rings (SSSR count). The zero-order chi connectivity index (χ0) is 11.9. The Morgan fingerprint density at radius 1 is 1.60 bits per heavy atom. The number of esters is 1. The van der Waals surface area contributed by atoms with E-state index in [4.69, 9.17) is 10.5 Å². The Hall–Kier alpha value is -1.16. The second-order valence-corrected chi connectivity index (χ2v) is 3.90. The molecular formula is C11H19NO3. The van der Waals surface area contributed by atoms with Crippen molar-refractivity contribution in [3.8, 4) is 0 Å². The Kier molecular flexibility index (Phi) is 5.86. The topological polar surface area (TPSA) is 69.4 Å². The van der Waals surface area contributed by atoms with E-state index >= 15 is 0 Å². The predicted octanol–water partition coefficient (Wildman–Crippen LogP) is 1.05. The summed E-state index contributed by atoms with van der Waals surface area (Å²) in [7, 11) is 0. The molecule has 0 aliphatic carbocycles. The van der Waals surface area contributed by atoms with Crippen molar-refractivity contribution >= 4 is 12.3 Å². The van der Waals surface area contributed by atoms with Crippen LogP contribution in [0.2, 0.25) is 0 Å². The van der Waals surface area contributed by atoms with Crippen molar-refractivity contribution in [2.75, 3.05) is 6.54 Å². The maximum atomic E-state index is 11.0. The molecule has 0 saturated carbocycles. The van der Waals surface area contributed by atoms with Crippen molar-refractivity contribution in [2.24, 2.45) is 11.7 Å². The SMILES string of the molecule is C=CC(=O)OC(C)(C)C(C=O)CCCN. The highest BCUT2D eigenvalue weighted by Gasteiger charge is 2.32. The highest BCUT2D eigenvalue weighted by Crippen LogP contribution is 2.24. The molecule has 1 atom stereocenters. The van der Waals surface area contributed by atoms with Gasteiger partial charge in [0.15, 0.2) is 0 Å². The molecule has 15 heavy (non-hydrogen) atoms. The van der Waals surface area contributed by atoms with Gasteiger partial charge < -0.3 is 15.3 Å². The van der Waals surface area contributed by atoms with Crippen LogP contribution in [0, 0.1) is 5.92 Å². The van der Waals surface area contributed by atoms with Crippen LogP contribution in [0.15, 0.2) is 12.7 Å². The number of nitrogens with two attached hydrogens (primary N) is 1. The third-order valence-electron chi connectivity index (χ3n) is 2.31. The van der Waals surface area contributed by atoms with Crippen molar-refractivity contribution in [3.05, 3.63) is 12.7 Å².